The fourth-order valence-corrected chi connectivity index (χ4v) is 4.36. The number of primary amides is 1. The minimum absolute atomic E-state index is 0.0641. The van der Waals surface area contributed by atoms with Gasteiger partial charge in [0.1, 0.15) is 5.82 Å². The number of amides is 2. The van der Waals surface area contributed by atoms with Crippen molar-refractivity contribution in [2.24, 2.45) is 11.7 Å². The number of carbonyl (C=O) groups is 2. The summed E-state index contributed by atoms with van der Waals surface area (Å²) in [5.41, 5.74) is 8.83. The van der Waals surface area contributed by atoms with Crippen molar-refractivity contribution in [1.29, 1.82) is 0 Å². The molecule has 8 heteroatoms. The third-order valence-corrected chi connectivity index (χ3v) is 6.03. The fourth-order valence-electron chi connectivity index (χ4n) is 3.48. The van der Waals surface area contributed by atoms with Crippen LogP contribution in [0.1, 0.15) is 50.6 Å². The summed E-state index contributed by atoms with van der Waals surface area (Å²) in [6.45, 7) is 6.81. The van der Waals surface area contributed by atoms with Crippen molar-refractivity contribution in [3.05, 3.63) is 35.2 Å². The van der Waals surface area contributed by atoms with Crippen LogP contribution in [-0.2, 0) is 35.4 Å². The predicted molar refractivity (Wildman–Crippen MR) is 115 cm³/mol. The smallest absolute Gasteiger partial charge is 0.237 e. The Kier molecular flexibility index (Phi) is 6.95. The summed E-state index contributed by atoms with van der Waals surface area (Å²) in [7, 11) is 0. The molecule has 1 aromatic carbocycles. The molecular weight excluding hydrogens is 386 g/mol. The number of aromatic nitrogens is 3. The number of nitrogens with one attached hydrogen (secondary N) is 1. The minimum Gasteiger partial charge on any atom is -0.370 e. The second-order valence-electron chi connectivity index (χ2n) is 7.96. The number of nitrogens with zero attached hydrogens (tertiary/aromatic N) is 3. The van der Waals surface area contributed by atoms with Gasteiger partial charge in [0.05, 0.1) is 5.25 Å². The summed E-state index contributed by atoms with van der Waals surface area (Å²) in [4.78, 5) is 23.9. The van der Waals surface area contributed by atoms with Crippen molar-refractivity contribution >= 4 is 29.3 Å². The number of hydrogen-bond acceptors (Lipinski definition) is 5. The molecule has 1 aromatic heterocycles. The maximum atomic E-state index is 12.7. The van der Waals surface area contributed by atoms with E-state index in [0.717, 1.165) is 30.9 Å². The molecular formula is C21H29N5O2S. The van der Waals surface area contributed by atoms with Crippen LogP contribution in [0.5, 0.6) is 0 Å². The van der Waals surface area contributed by atoms with Crippen LogP contribution in [-0.4, -0.2) is 31.8 Å². The van der Waals surface area contributed by atoms with Crippen LogP contribution in [0.25, 0.3) is 0 Å². The number of rotatable bonds is 9. The largest absolute Gasteiger partial charge is 0.370 e. The van der Waals surface area contributed by atoms with Gasteiger partial charge in [-0.15, -0.1) is 10.2 Å². The Morgan fingerprint density at radius 2 is 1.97 bits per heavy atom. The van der Waals surface area contributed by atoms with Gasteiger partial charge in [-0.25, -0.2) is 0 Å². The van der Waals surface area contributed by atoms with Gasteiger partial charge >= 0.3 is 0 Å². The summed E-state index contributed by atoms with van der Waals surface area (Å²) in [5.74, 6) is 0.686. The first-order valence-electron chi connectivity index (χ1n) is 10.1. The minimum atomic E-state index is -0.361. The van der Waals surface area contributed by atoms with Gasteiger partial charge in [-0.3, -0.25) is 9.59 Å². The van der Waals surface area contributed by atoms with Gasteiger partial charge in [-0.2, -0.15) is 0 Å². The lowest BCUT2D eigenvalue weighted by atomic mass is 10.1. The van der Waals surface area contributed by atoms with Gasteiger partial charge in [-0.05, 0) is 55.4 Å². The van der Waals surface area contributed by atoms with E-state index in [1.807, 2.05) is 17.6 Å². The molecule has 1 aliphatic rings. The number of aryl methyl sites for hydroxylation is 3. The highest BCUT2D eigenvalue weighted by Crippen LogP contribution is 2.27. The van der Waals surface area contributed by atoms with Crippen molar-refractivity contribution < 1.29 is 9.59 Å². The zero-order chi connectivity index (χ0) is 21.0. The van der Waals surface area contributed by atoms with Crippen LogP contribution in [0, 0.1) is 5.92 Å². The van der Waals surface area contributed by atoms with E-state index < -0.39 is 0 Å². The molecule has 1 atom stereocenters. The summed E-state index contributed by atoms with van der Waals surface area (Å²) >= 11 is 1.38. The second-order valence-corrected chi connectivity index (χ2v) is 9.26. The summed E-state index contributed by atoms with van der Waals surface area (Å²) in [5, 5.41) is 11.9. The molecule has 1 aliphatic carbocycles. The zero-order valence-corrected chi connectivity index (χ0v) is 18.1. The average Bonchev–Trinajstić information content (AvgIpc) is 3.26. The topological polar surface area (TPSA) is 103 Å². The van der Waals surface area contributed by atoms with Gasteiger partial charge in [0, 0.05) is 25.1 Å². The first-order chi connectivity index (χ1) is 13.8. The number of carbonyl (C=O) groups excluding carboxylic acids is 2. The van der Waals surface area contributed by atoms with Crippen LogP contribution < -0.4 is 11.1 Å². The zero-order valence-electron chi connectivity index (χ0n) is 17.3. The van der Waals surface area contributed by atoms with Gasteiger partial charge in [-0.1, -0.05) is 31.7 Å². The van der Waals surface area contributed by atoms with E-state index in [4.69, 9.17) is 5.73 Å². The van der Waals surface area contributed by atoms with Crippen molar-refractivity contribution in [2.45, 2.75) is 69.8 Å². The quantitative estimate of drug-likeness (QED) is 0.613. The van der Waals surface area contributed by atoms with E-state index in [1.54, 1.807) is 0 Å². The standard InChI is InChI=1S/C21H29N5O2S/c1-13(2)12-26-19(10-9-18(22)27)24-25-21(26)29-14(3)20(28)23-17-8-7-15-5-4-6-16(15)11-17/h7-8,11,13-14H,4-6,9-10,12H2,1-3H3,(H2,22,27)(H,23,28)/t14-/m0/s1. The van der Waals surface area contributed by atoms with Gasteiger partial charge < -0.3 is 15.6 Å². The van der Waals surface area contributed by atoms with E-state index in [-0.39, 0.29) is 23.5 Å². The first-order valence-corrected chi connectivity index (χ1v) is 11.0. The monoisotopic (exact) mass is 415 g/mol. The first kappa shape index (κ1) is 21.4. The number of fused-ring (bicyclic) bond motifs is 1. The van der Waals surface area contributed by atoms with Crippen LogP contribution in [0.15, 0.2) is 23.4 Å². The molecule has 2 aromatic rings. The Morgan fingerprint density at radius 1 is 1.21 bits per heavy atom. The van der Waals surface area contributed by atoms with E-state index in [9.17, 15) is 9.59 Å². The Balaban J connectivity index is 1.67. The third-order valence-electron chi connectivity index (χ3n) is 4.95. The van der Waals surface area contributed by atoms with E-state index in [1.165, 1.54) is 29.3 Å². The lowest BCUT2D eigenvalue weighted by molar-refractivity contribution is -0.118. The molecule has 0 unspecified atom stereocenters. The molecule has 0 saturated heterocycles. The van der Waals surface area contributed by atoms with E-state index >= 15 is 0 Å². The number of hydrogen-bond donors (Lipinski definition) is 2. The van der Waals surface area contributed by atoms with Crippen LogP contribution in [0.4, 0.5) is 5.69 Å². The fraction of sp³-hybridized carbons (Fsp3) is 0.524. The Bertz CT molecular complexity index is 893. The molecule has 0 radical (unpaired) electrons. The molecule has 29 heavy (non-hydrogen) atoms. The number of nitrogens with two attached hydrogens (primary N) is 1. The van der Waals surface area contributed by atoms with Gasteiger partial charge in [0.2, 0.25) is 11.8 Å². The number of anilines is 1. The van der Waals surface area contributed by atoms with E-state index in [2.05, 4.69) is 41.5 Å². The van der Waals surface area contributed by atoms with Crippen molar-refractivity contribution in [2.75, 3.05) is 5.32 Å². The highest BCUT2D eigenvalue weighted by Gasteiger charge is 2.21. The Morgan fingerprint density at radius 3 is 2.69 bits per heavy atom. The molecule has 0 fully saturated rings. The van der Waals surface area contributed by atoms with Gasteiger partial charge in [0.15, 0.2) is 5.16 Å². The summed E-state index contributed by atoms with van der Waals surface area (Å²) < 4.78 is 2.00. The maximum absolute atomic E-state index is 12.7. The molecule has 0 bridgehead atoms. The summed E-state index contributed by atoms with van der Waals surface area (Å²) in [6, 6.07) is 6.17. The Hall–Kier alpha value is -2.35. The summed E-state index contributed by atoms with van der Waals surface area (Å²) in [6.07, 6.45) is 4.07. The SMILES string of the molecule is CC(C)Cn1c(CCC(N)=O)nnc1S[C@@H](C)C(=O)Nc1ccc2c(c1)CCC2. The van der Waals surface area contributed by atoms with Gasteiger partial charge in [0.25, 0.3) is 0 Å². The number of benzene rings is 1. The molecule has 1 heterocycles. The molecule has 3 rings (SSSR count). The molecule has 0 saturated carbocycles. The molecule has 0 spiro atoms. The lowest BCUT2D eigenvalue weighted by Crippen LogP contribution is -2.23. The molecule has 2 amide bonds. The van der Waals surface area contributed by atoms with Crippen molar-refractivity contribution in [3.63, 3.8) is 0 Å². The molecule has 3 N–H and O–H groups in total. The number of thioether (sulfide) groups is 1. The highest BCUT2D eigenvalue weighted by atomic mass is 32.2. The third kappa shape index (κ3) is 5.59. The average molecular weight is 416 g/mol. The second kappa shape index (κ2) is 9.43. The van der Waals surface area contributed by atoms with Crippen LogP contribution in [0.3, 0.4) is 0 Å². The van der Waals surface area contributed by atoms with Crippen molar-refractivity contribution in [3.8, 4) is 0 Å². The lowest BCUT2D eigenvalue weighted by Gasteiger charge is -2.15. The molecule has 7 nitrogen and oxygen atoms in total. The molecule has 0 aliphatic heterocycles. The van der Waals surface area contributed by atoms with Crippen LogP contribution >= 0.6 is 11.8 Å². The molecule has 156 valence electrons. The van der Waals surface area contributed by atoms with E-state index in [0.29, 0.717) is 17.5 Å². The maximum Gasteiger partial charge on any atom is 0.237 e. The Labute approximate surface area is 175 Å². The van der Waals surface area contributed by atoms with Crippen molar-refractivity contribution in [1.82, 2.24) is 14.8 Å². The predicted octanol–water partition coefficient (Wildman–Crippen LogP) is 2.96. The highest BCUT2D eigenvalue weighted by molar-refractivity contribution is 8.00. The normalized spacial score (nSPS) is 14.1. The van der Waals surface area contributed by atoms with Crippen LogP contribution in [0.2, 0.25) is 0 Å².